The third-order valence-corrected chi connectivity index (χ3v) is 6.06. The van der Waals surface area contributed by atoms with Crippen LogP contribution in [0.25, 0.3) is 49.1 Å². The molecule has 0 aliphatic heterocycles. The van der Waals surface area contributed by atoms with Crippen molar-refractivity contribution in [1.29, 1.82) is 0 Å². The second-order valence-corrected chi connectivity index (χ2v) is 7.86. The van der Waals surface area contributed by atoms with Crippen LogP contribution in [0, 0.1) is 6.92 Å². The molecule has 0 unspecified atom stereocenters. The lowest BCUT2D eigenvalue weighted by atomic mass is 10.0. The molecule has 4 nitrogen and oxygen atoms in total. The van der Waals surface area contributed by atoms with Crippen molar-refractivity contribution in [2.24, 2.45) is 4.99 Å². The van der Waals surface area contributed by atoms with Crippen LogP contribution in [-0.4, -0.2) is 25.2 Å². The summed E-state index contributed by atoms with van der Waals surface area (Å²) in [6.07, 6.45) is 1.78. The molecule has 0 radical (unpaired) electrons. The summed E-state index contributed by atoms with van der Waals surface area (Å²) >= 11 is 0. The number of aliphatic imine (C=N–C) groups is 1. The van der Waals surface area contributed by atoms with Crippen LogP contribution >= 0.6 is 0 Å². The van der Waals surface area contributed by atoms with E-state index in [4.69, 9.17) is 4.42 Å². The summed E-state index contributed by atoms with van der Waals surface area (Å²) in [5, 5.41) is 7.11. The smallest absolute Gasteiger partial charge is 0.220 e. The fourth-order valence-electron chi connectivity index (χ4n) is 4.97. The number of rotatable bonds is 1. The Morgan fingerprint density at radius 1 is 0.931 bits per heavy atom. The lowest BCUT2D eigenvalue weighted by Crippen LogP contribution is -2.25. The molecule has 0 saturated carbocycles. The Morgan fingerprint density at radius 3 is 2.52 bits per heavy atom. The van der Waals surface area contributed by atoms with Gasteiger partial charge >= 0.3 is 0 Å². The fourth-order valence-corrected chi connectivity index (χ4v) is 4.97. The minimum Gasteiger partial charge on any atom is -0.464 e. The van der Waals surface area contributed by atoms with Crippen molar-refractivity contribution >= 4 is 61.5 Å². The zero-order chi connectivity index (χ0) is 19.9. The second-order valence-electron chi connectivity index (χ2n) is 7.86. The standard InChI is InChI=1S/C25H20N3O/c1-14-13-20-17(11-12-29-20)24-21(14)25(27(3)4)22-18(26-2)10-9-16-15-7-5-6-8-19(15)28(24)23(16)22/h5-13H,2H2,1,3-4H3/q+1. The summed E-state index contributed by atoms with van der Waals surface area (Å²) in [6, 6.07) is 17.1. The molecule has 3 heterocycles. The molecule has 0 saturated heterocycles. The first-order valence-electron chi connectivity index (χ1n) is 9.71. The Bertz CT molecular complexity index is 1690. The highest BCUT2D eigenvalue weighted by atomic mass is 16.3. The van der Waals surface area contributed by atoms with Crippen molar-refractivity contribution in [3.8, 4) is 0 Å². The van der Waals surface area contributed by atoms with Crippen molar-refractivity contribution < 1.29 is 4.42 Å². The van der Waals surface area contributed by atoms with Crippen molar-refractivity contribution in [3.05, 3.63) is 65.7 Å². The highest BCUT2D eigenvalue weighted by Gasteiger charge is 2.24. The SMILES string of the molecule is C=Nc1ccc2c3ccccc3n3c4c(c(C)cc5occc54)c(=[N+](C)C)c1c23. The van der Waals surface area contributed by atoms with Crippen LogP contribution in [0.1, 0.15) is 5.56 Å². The van der Waals surface area contributed by atoms with E-state index < -0.39 is 0 Å². The molecule has 4 heteroatoms. The van der Waals surface area contributed by atoms with Gasteiger partial charge in [0.2, 0.25) is 5.36 Å². The first-order valence-corrected chi connectivity index (χ1v) is 9.71. The van der Waals surface area contributed by atoms with E-state index in [0.717, 1.165) is 22.0 Å². The number of aryl methyl sites for hydroxylation is 1. The predicted molar refractivity (Wildman–Crippen MR) is 122 cm³/mol. The predicted octanol–water partition coefficient (Wildman–Crippen LogP) is 5.26. The molecule has 6 aromatic rings. The van der Waals surface area contributed by atoms with E-state index in [9.17, 15) is 0 Å². The van der Waals surface area contributed by atoms with Gasteiger partial charge in [-0.15, -0.1) is 0 Å². The fraction of sp³-hybridized carbons (Fsp3) is 0.120. The van der Waals surface area contributed by atoms with Crippen LogP contribution in [0.15, 0.2) is 64.2 Å². The third-order valence-electron chi connectivity index (χ3n) is 6.06. The van der Waals surface area contributed by atoms with E-state index in [1.165, 1.54) is 43.6 Å². The molecule has 0 bridgehead atoms. The molecule has 3 aromatic heterocycles. The summed E-state index contributed by atoms with van der Waals surface area (Å²) in [5.41, 5.74) is 6.55. The van der Waals surface area contributed by atoms with Crippen LogP contribution in [0.5, 0.6) is 0 Å². The Balaban J connectivity index is 2.20. The van der Waals surface area contributed by atoms with Crippen molar-refractivity contribution in [2.75, 3.05) is 14.1 Å². The number of hydrogen-bond donors (Lipinski definition) is 0. The summed E-state index contributed by atoms with van der Waals surface area (Å²) < 4.78 is 10.4. The number of aromatic nitrogens is 1. The number of hydrogen-bond acceptors (Lipinski definition) is 2. The average Bonchev–Trinajstić information content (AvgIpc) is 3.32. The number of benzene rings is 3. The van der Waals surface area contributed by atoms with Crippen molar-refractivity contribution in [3.63, 3.8) is 0 Å². The molecule has 0 fully saturated rings. The van der Waals surface area contributed by atoms with E-state index in [1.807, 2.05) is 0 Å². The maximum absolute atomic E-state index is 5.81. The number of nitrogens with zero attached hydrogens (tertiary/aromatic N) is 3. The van der Waals surface area contributed by atoms with E-state index in [2.05, 4.69) is 90.2 Å². The van der Waals surface area contributed by atoms with Gasteiger partial charge in [0.15, 0.2) is 0 Å². The van der Waals surface area contributed by atoms with E-state index in [1.54, 1.807) is 6.26 Å². The Labute approximate surface area is 167 Å². The summed E-state index contributed by atoms with van der Waals surface area (Å²) in [7, 11) is 4.20. The maximum atomic E-state index is 5.81. The molecule has 6 rings (SSSR count). The van der Waals surface area contributed by atoms with E-state index in [-0.39, 0.29) is 0 Å². The topological polar surface area (TPSA) is 32.9 Å². The Hall–Kier alpha value is -3.66. The third kappa shape index (κ3) is 1.88. The van der Waals surface area contributed by atoms with Gasteiger partial charge in [-0.25, -0.2) is 4.58 Å². The molecule has 0 spiro atoms. The van der Waals surface area contributed by atoms with E-state index in [0.29, 0.717) is 0 Å². The number of furan rings is 1. The van der Waals surface area contributed by atoms with Gasteiger partial charge in [0, 0.05) is 16.2 Å². The quantitative estimate of drug-likeness (QED) is 0.218. The van der Waals surface area contributed by atoms with Gasteiger partial charge in [0.05, 0.1) is 39.3 Å². The van der Waals surface area contributed by atoms with Crippen LogP contribution in [0.2, 0.25) is 0 Å². The zero-order valence-corrected chi connectivity index (χ0v) is 16.7. The second kappa shape index (κ2) is 5.45. The molecule has 0 amide bonds. The van der Waals surface area contributed by atoms with E-state index >= 15 is 0 Å². The average molecular weight is 378 g/mol. The molecule has 0 aliphatic rings. The minimum absolute atomic E-state index is 0.905. The molecular formula is C25H20N3O+. The summed E-state index contributed by atoms with van der Waals surface area (Å²) in [5.74, 6) is 0. The largest absolute Gasteiger partial charge is 0.464 e. The Morgan fingerprint density at radius 2 is 1.72 bits per heavy atom. The molecular weight excluding hydrogens is 358 g/mol. The highest BCUT2D eigenvalue weighted by molar-refractivity contribution is 6.22. The lowest BCUT2D eigenvalue weighted by Gasteiger charge is -2.12. The number of pyridine rings is 1. The van der Waals surface area contributed by atoms with Gasteiger partial charge in [0.25, 0.3) is 0 Å². The Kier molecular flexibility index (Phi) is 3.06. The van der Waals surface area contributed by atoms with Gasteiger partial charge in [-0.1, -0.05) is 18.2 Å². The summed E-state index contributed by atoms with van der Waals surface area (Å²) in [4.78, 5) is 4.39. The van der Waals surface area contributed by atoms with Crippen molar-refractivity contribution in [1.82, 2.24) is 8.98 Å². The minimum atomic E-state index is 0.905. The molecule has 29 heavy (non-hydrogen) atoms. The zero-order valence-electron chi connectivity index (χ0n) is 16.7. The maximum Gasteiger partial charge on any atom is 0.220 e. The monoisotopic (exact) mass is 378 g/mol. The highest BCUT2D eigenvalue weighted by Crippen LogP contribution is 2.39. The molecule has 0 aliphatic carbocycles. The molecule has 0 atom stereocenters. The molecule has 3 aromatic carbocycles. The molecule has 0 N–H and O–H groups in total. The van der Waals surface area contributed by atoms with Crippen LogP contribution in [0.4, 0.5) is 5.69 Å². The lowest BCUT2D eigenvalue weighted by molar-refractivity contribution is 0.616. The first kappa shape index (κ1) is 16.3. The van der Waals surface area contributed by atoms with Crippen LogP contribution in [0.3, 0.4) is 0 Å². The van der Waals surface area contributed by atoms with Crippen molar-refractivity contribution in [2.45, 2.75) is 6.92 Å². The number of fused-ring (bicyclic) bond motifs is 7. The van der Waals surface area contributed by atoms with Gasteiger partial charge in [-0.05, 0) is 49.5 Å². The first-order chi connectivity index (χ1) is 14.1. The van der Waals surface area contributed by atoms with Gasteiger partial charge in [-0.2, -0.15) is 0 Å². The van der Waals surface area contributed by atoms with Gasteiger partial charge in [-0.3, -0.25) is 4.99 Å². The number of para-hydroxylation sites is 1. The molecule has 140 valence electrons. The van der Waals surface area contributed by atoms with Gasteiger partial charge in [0.1, 0.15) is 19.7 Å². The van der Waals surface area contributed by atoms with Crippen LogP contribution < -0.4 is 9.93 Å². The van der Waals surface area contributed by atoms with Gasteiger partial charge < -0.3 is 8.82 Å². The summed E-state index contributed by atoms with van der Waals surface area (Å²) in [6.45, 7) is 6.02. The normalized spacial score (nSPS) is 12.1. The van der Waals surface area contributed by atoms with Crippen LogP contribution in [-0.2, 0) is 0 Å².